The molecule has 2 saturated heterocycles. The molecule has 3 heteroatoms. The quantitative estimate of drug-likeness (QED) is 0.748. The summed E-state index contributed by atoms with van der Waals surface area (Å²) in [4.78, 5) is 5.14. The molecule has 2 aliphatic rings. The van der Waals surface area contributed by atoms with Crippen molar-refractivity contribution in [3.8, 4) is 0 Å². The number of nitrogens with zero attached hydrogens (tertiary/aromatic N) is 2. The molecule has 0 saturated carbocycles. The predicted octanol–water partition coefficient (Wildman–Crippen LogP) is 1.83. The van der Waals surface area contributed by atoms with Crippen LogP contribution in [0.15, 0.2) is 0 Å². The Morgan fingerprint density at radius 3 is 2.41 bits per heavy atom. The fourth-order valence-corrected chi connectivity index (χ4v) is 3.17. The summed E-state index contributed by atoms with van der Waals surface area (Å²) in [6.45, 7) is 14.9. The molecule has 0 unspecified atom stereocenters. The Bertz CT molecular complexity index is 234. The molecule has 0 aromatic heterocycles. The number of morpholine rings is 1. The summed E-state index contributed by atoms with van der Waals surface area (Å²) in [5.41, 5.74) is 0.179. The fraction of sp³-hybridized carbons (Fsp3) is 1.00. The summed E-state index contributed by atoms with van der Waals surface area (Å²) < 4.78 is 6.14. The van der Waals surface area contributed by atoms with Crippen LogP contribution in [0.4, 0.5) is 0 Å². The van der Waals surface area contributed by atoms with Gasteiger partial charge in [0.2, 0.25) is 0 Å². The van der Waals surface area contributed by atoms with Gasteiger partial charge in [0.25, 0.3) is 0 Å². The predicted molar refractivity (Wildman–Crippen MR) is 71.3 cm³/mol. The van der Waals surface area contributed by atoms with E-state index < -0.39 is 0 Å². The molecule has 17 heavy (non-hydrogen) atoms. The summed E-state index contributed by atoms with van der Waals surface area (Å²) in [5.74, 6) is 0.765. The van der Waals surface area contributed by atoms with E-state index in [1.807, 2.05) is 0 Å². The van der Waals surface area contributed by atoms with Gasteiger partial charge >= 0.3 is 0 Å². The Balaban J connectivity index is 1.88. The van der Waals surface area contributed by atoms with Gasteiger partial charge in [0.05, 0.1) is 12.2 Å². The lowest BCUT2D eigenvalue weighted by Gasteiger charge is -2.47. The third-order valence-corrected chi connectivity index (χ3v) is 4.17. The molecule has 2 fully saturated rings. The Morgan fingerprint density at radius 2 is 1.82 bits per heavy atom. The molecule has 0 N–H and O–H groups in total. The molecular weight excluding hydrogens is 212 g/mol. The van der Waals surface area contributed by atoms with Crippen LogP contribution >= 0.6 is 0 Å². The summed E-state index contributed by atoms with van der Waals surface area (Å²) >= 11 is 0. The van der Waals surface area contributed by atoms with Crippen LogP contribution in [0.2, 0.25) is 0 Å². The Morgan fingerprint density at radius 1 is 1.12 bits per heavy atom. The molecule has 1 spiro atoms. The van der Waals surface area contributed by atoms with Gasteiger partial charge in [0, 0.05) is 32.7 Å². The normalized spacial score (nSPS) is 26.8. The number of ether oxygens (including phenoxy) is 1. The van der Waals surface area contributed by atoms with Crippen LogP contribution in [0.5, 0.6) is 0 Å². The standard InChI is InChI=1S/C14H28N2O/c1-4-15-7-5-14(6-8-15)12-16(9-10-17-14)11-13(2)3/h13H,4-12H2,1-3H3. The van der Waals surface area contributed by atoms with E-state index in [1.165, 1.54) is 39.0 Å². The summed E-state index contributed by atoms with van der Waals surface area (Å²) in [6, 6.07) is 0. The molecule has 0 amide bonds. The van der Waals surface area contributed by atoms with E-state index in [0.717, 1.165) is 25.6 Å². The third-order valence-electron chi connectivity index (χ3n) is 4.17. The highest BCUT2D eigenvalue weighted by molar-refractivity contribution is 4.92. The van der Waals surface area contributed by atoms with Crippen molar-refractivity contribution in [2.45, 2.75) is 39.2 Å². The molecule has 0 aromatic rings. The minimum atomic E-state index is 0.179. The molecule has 0 radical (unpaired) electrons. The molecule has 2 heterocycles. The van der Waals surface area contributed by atoms with Crippen molar-refractivity contribution in [3.05, 3.63) is 0 Å². The first-order valence-corrected chi connectivity index (χ1v) is 7.22. The van der Waals surface area contributed by atoms with Gasteiger partial charge in [-0.1, -0.05) is 20.8 Å². The first kappa shape index (κ1) is 13.3. The smallest absolute Gasteiger partial charge is 0.0833 e. The van der Waals surface area contributed by atoms with Gasteiger partial charge in [0.15, 0.2) is 0 Å². The monoisotopic (exact) mass is 240 g/mol. The SMILES string of the molecule is CCN1CCC2(CC1)CN(CC(C)C)CCO2. The lowest BCUT2D eigenvalue weighted by Crippen LogP contribution is -2.57. The zero-order valence-corrected chi connectivity index (χ0v) is 11.7. The lowest BCUT2D eigenvalue weighted by molar-refractivity contribution is -0.136. The summed E-state index contributed by atoms with van der Waals surface area (Å²) in [6.07, 6.45) is 2.44. The van der Waals surface area contributed by atoms with Crippen molar-refractivity contribution >= 4 is 0 Å². The van der Waals surface area contributed by atoms with Crippen LogP contribution in [0, 0.1) is 5.92 Å². The van der Waals surface area contributed by atoms with Crippen molar-refractivity contribution < 1.29 is 4.74 Å². The van der Waals surface area contributed by atoms with Crippen molar-refractivity contribution in [1.82, 2.24) is 9.80 Å². The number of likely N-dealkylation sites (tertiary alicyclic amines) is 1. The molecule has 2 aliphatic heterocycles. The van der Waals surface area contributed by atoms with Crippen LogP contribution < -0.4 is 0 Å². The van der Waals surface area contributed by atoms with Gasteiger partial charge < -0.3 is 9.64 Å². The average molecular weight is 240 g/mol. The van der Waals surface area contributed by atoms with Crippen molar-refractivity contribution in [2.75, 3.05) is 45.9 Å². The van der Waals surface area contributed by atoms with E-state index in [1.54, 1.807) is 0 Å². The number of piperidine rings is 1. The van der Waals surface area contributed by atoms with E-state index in [4.69, 9.17) is 4.74 Å². The van der Waals surface area contributed by atoms with E-state index >= 15 is 0 Å². The summed E-state index contributed by atoms with van der Waals surface area (Å²) in [7, 11) is 0. The van der Waals surface area contributed by atoms with E-state index in [0.29, 0.717) is 0 Å². The Kier molecular flexibility index (Phi) is 4.45. The second-order valence-electron chi connectivity index (χ2n) is 6.09. The molecule has 0 bridgehead atoms. The van der Waals surface area contributed by atoms with Crippen LogP contribution in [0.1, 0.15) is 33.6 Å². The van der Waals surface area contributed by atoms with Gasteiger partial charge in [-0.15, -0.1) is 0 Å². The maximum absolute atomic E-state index is 6.14. The van der Waals surface area contributed by atoms with Crippen molar-refractivity contribution in [1.29, 1.82) is 0 Å². The number of hydrogen-bond acceptors (Lipinski definition) is 3. The van der Waals surface area contributed by atoms with Gasteiger partial charge in [-0.2, -0.15) is 0 Å². The topological polar surface area (TPSA) is 15.7 Å². The van der Waals surface area contributed by atoms with Crippen molar-refractivity contribution in [2.24, 2.45) is 5.92 Å². The fourth-order valence-electron chi connectivity index (χ4n) is 3.17. The Hall–Kier alpha value is -0.120. The van der Waals surface area contributed by atoms with Gasteiger partial charge in [-0.25, -0.2) is 0 Å². The Labute approximate surface area is 106 Å². The van der Waals surface area contributed by atoms with E-state index in [-0.39, 0.29) is 5.60 Å². The minimum absolute atomic E-state index is 0.179. The van der Waals surface area contributed by atoms with Gasteiger partial charge in [-0.3, -0.25) is 4.90 Å². The minimum Gasteiger partial charge on any atom is -0.372 e. The molecule has 2 rings (SSSR count). The second kappa shape index (κ2) is 5.68. The van der Waals surface area contributed by atoms with Crippen LogP contribution in [0.3, 0.4) is 0 Å². The van der Waals surface area contributed by atoms with E-state index in [2.05, 4.69) is 30.6 Å². The maximum atomic E-state index is 6.14. The van der Waals surface area contributed by atoms with Crippen LogP contribution in [-0.4, -0.2) is 61.3 Å². The zero-order valence-electron chi connectivity index (χ0n) is 11.7. The highest BCUT2D eigenvalue weighted by Crippen LogP contribution is 2.30. The number of hydrogen-bond donors (Lipinski definition) is 0. The summed E-state index contributed by atoms with van der Waals surface area (Å²) in [5, 5.41) is 0. The second-order valence-corrected chi connectivity index (χ2v) is 6.09. The van der Waals surface area contributed by atoms with Gasteiger partial charge in [-0.05, 0) is 25.3 Å². The average Bonchev–Trinajstić information content (AvgIpc) is 2.29. The van der Waals surface area contributed by atoms with Crippen molar-refractivity contribution in [3.63, 3.8) is 0 Å². The lowest BCUT2D eigenvalue weighted by atomic mass is 9.89. The molecule has 100 valence electrons. The first-order valence-electron chi connectivity index (χ1n) is 7.22. The molecular formula is C14H28N2O. The highest BCUT2D eigenvalue weighted by Gasteiger charge is 2.39. The first-order chi connectivity index (χ1) is 8.13. The highest BCUT2D eigenvalue weighted by atomic mass is 16.5. The molecule has 0 aromatic carbocycles. The number of rotatable bonds is 3. The maximum Gasteiger partial charge on any atom is 0.0833 e. The van der Waals surface area contributed by atoms with Gasteiger partial charge in [0.1, 0.15) is 0 Å². The van der Waals surface area contributed by atoms with Crippen LogP contribution in [0.25, 0.3) is 0 Å². The molecule has 3 nitrogen and oxygen atoms in total. The van der Waals surface area contributed by atoms with E-state index in [9.17, 15) is 0 Å². The molecule has 0 aliphatic carbocycles. The van der Waals surface area contributed by atoms with Crippen LogP contribution in [-0.2, 0) is 4.74 Å². The largest absolute Gasteiger partial charge is 0.372 e. The molecule has 0 atom stereocenters. The zero-order chi connectivity index (χ0) is 12.3. The third kappa shape index (κ3) is 3.43.